The Morgan fingerprint density at radius 2 is 1.61 bits per heavy atom. The molecule has 0 fully saturated rings. The zero-order valence-electron chi connectivity index (χ0n) is 14.4. The maximum atomic E-state index is 12.2. The predicted octanol–water partition coefficient (Wildman–Crippen LogP) is -0.513. The second kappa shape index (κ2) is 11.8. The van der Waals surface area contributed by atoms with Gasteiger partial charge in [0.1, 0.15) is 24.4 Å². The molecule has 0 saturated heterocycles. The van der Waals surface area contributed by atoms with E-state index in [0.29, 0.717) is 12.3 Å². The lowest BCUT2D eigenvalue weighted by molar-refractivity contribution is -0.138. The number of aliphatic hydroxyl groups is 5. The molecule has 138 valence electrons. The number of hydrogen-bond donors (Lipinski definition) is 5. The lowest BCUT2D eigenvalue weighted by Gasteiger charge is -2.29. The fraction of sp³-hybridized carbons (Fsp3) is 0.938. The van der Waals surface area contributed by atoms with E-state index in [4.69, 9.17) is 5.11 Å². The summed E-state index contributed by atoms with van der Waals surface area (Å²) in [6.07, 6.45) is -1.84. The van der Waals surface area contributed by atoms with E-state index in [0.717, 1.165) is 25.7 Å². The number of unbranched alkanes of at least 4 members (excludes halogenated alkanes) is 1. The minimum atomic E-state index is -1.67. The van der Waals surface area contributed by atoms with E-state index in [2.05, 4.69) is 6.92 Å². The average molecular weight is 335 g/mol. The summed E-state index contributed by atoms with van der Waals surface area (Å²) in [5.74, 6) is 0.171. The Morgan fingerprint density at radius 1 is 1.04 bits per heavy atom. The molecule has 0 aromatic heterocycles. The van der Waals surface area contributed by atoms with Crippen LogP contribution in [0.2, 0.25) is 0 Å². The lowest BCUT2D eigenvalue weighted by atomic mass is 9.95. The van der Waals surface area contributed by atoms with Gasteiger partial charge in [-0.1, -0.05) is 33.1 Å². The molecule has 7 nitrogen and oxygen atoms in total. The Kier molecular flexibility index (Phi) is 11.4. The van der Waals surface area contributed by atoms with Gasteiger partial charge >= 0.3 is 0 Å². The van der Waals surface area contributed by atoms with Crippen molar-refractivity contribution in [3.63, 3.8) is 0 Å². The number of nitrogens with zero attached hydrogens (tertiary/aromatic N) is 1. The molecule has 0 spiro atoms. The average Bonchev–Trinajstić information content (AvgIpc) is 2.55. The first-order valence-electron chi connectivity index (χ1n) is 8.35. The monoisotopic (exact) mass is 335 g/mol. The van der Waals surface area contributed by atoms with Crippen LogP contribution in [0.5, 0.6) is 0 Å². The van der Waals surface area contributed by atoms with Crippen molar-refractivity contribution >= 4 is 5.91 Å². The highest BCUT2D eigenvalue weighted by atomic mass is 16.4. The third-order valence-electron chi connectivity index (χ3n) is 4.22. The highest BCUT2D eigenvalue weighted by Crippen LogP contribution is 2.18. The summed E-state index contributed by atoms with van der Waals surface area (Å²) in [5, 5.41) is 47.2. The van der Waals surface area contributed by atoms with Crippen LogP contribution in [0.1, 0.15) is 46.0 Å². The van der Waals surface area contributed by atoms with Crippen molar-refractivity contribution in [2.75, 3.05) is 20.2 Å². The largest absolute Gasteiger partial charge is 0.394 e. The number of aliphatic hydroxyl groups excluding tert-OH is 5. The fourth-order valence-electron chi connectivity index (χ4n) is 2.40. The molecule has 0 aliphatic carbocycles. The van der Waals surface area contributed by atoms with Crippen LogP contribution >= 0.6 is 0 Å². The van der Waals surface area contributed by atoms with E-state index in [1.807, 2.05) is 6.92 Å². The van der Waals surface area contributed by atoms with Crippen LogP contribution in [0, 0.1) is 5.92 Å². The third kappa shape index (κ3) is 8.08. The molecule has 0 saturated carbocycles. The Balaban J connectivity index is 4.43. The molecule has 7 heteroatoms. The molecule has 5 atom stereocenters. The quantitative estimate of drug-likeness (QED) is 0.327. The van der Waals surface area contributed by atoms with Gasteiger partial charge in [-0.25, -0.2) is 0 Å². The maximum absolute atomic E-state index is 12.2. The van der Waals surface area contributed by atoms with Crippen LogP contribution < -0.4 is 0 Å². The maximum Gasteiger partial charge on any atom is 0.222 e. The van der Waals surface area contributed by atoms with Crippen LogP contribution in [0.3, 0.4) is 0 Å². The van der Waals surface area contributed by atoms with Gasteiger partial charge in [0.15, 0.2) is 0 Å². The van der Waals surface area contributed by atoms with Gasteiger partial charge < -0.3 is 30.4 Å². The molecule has 0 aliphatic heterocycles. The molecule has 23 heavy (non-hydrogen) atoms. The number of rotatable bonds is 12. The summed E-state index contributed by atoms with van der Waals surface area (Å²) in [6.45, 7) is 3.26. The van der Waals surface area contributed by atoms with Gasteiger partial charge in [0.05, 0.1) is 6.61 Å². The van der Waals surface area contributed by atoms with Crippen LogP contribution in [0.25, 0.3) is 0 Å². The number of amides is 1. The van der Waals surface area contributed by atoms with Gasteiger partial charge in [-0.15, -0.1) is 0 Å². The minimum absolute atomic E-state index is 0.128. The minimum Gasteiger partial charge on any atom is -0.394 e. The topological polar surface area (TPSA) is 121 Å². The van der Waals surface area contributed by atoms with Gasteiger partial charge in [0.2, 0.25) is 5.91 Å². The van der Waals surface area contributed by atoms with Gasteiger partial charge in [0, 0.05) is 20.0 Å². The van der Waals surface area contributed by atoms with Gasteiger partial charge in [-0.05, 0) is 12.3 Å². The molecular formula is C16H33NO6. The Morgan fingerprint density at radius 3 is 2.09 bits per heavy atom. The van der Waals surface area contributed by atoms with Crippen LogP contribution in [-0.4, -0.2) is 81.0 Å². The van der Waals surface area contributed by atoms with Gasteiger partial charge in [0.25, 0.3) is 0 Å². The molecule has 0 heterocycles. The molecular weight excluding hydrogens is 302 g/mol. The summed E-state index contributed by atoms with van der Waals surface area (Å²) in [5.41, 5.74) is 0. The lowest BCUT2D eigenvalue weighted by Crippen LogP contribution is -2.50. The number of hydrogen-bond acceptors (Lipinski definition) is 6. The standard InChI is InChI=1S/C16H33NO6/c1-4-6-7-11(5-2)8-14(21)17(3)9-12(19)15(22)16(23)13(20)10-18/h11-13,15-16,18-20,22-23H,4-10H2,1-3H3/t11?,12-,13+,15+,16+/m0/s1. The summed E-state index contributed by atoms with van der Waals surface area (Å²) in [4.78, 5) is 13.5. The van der Waals surface area contributed by atoms with E-state index < -0.39 is 31.0 Å². The first kappa shape index (κ1) is 22.3. The molecule has 5 N–H and O–H groups in total. The first-order chi connectivity index (χ1) is 10.8. The summed E-state index contributed by atoms with van der Waals surface area (Å²) in [7, 11) is 1.53. The van der Waals surface area contributed by atoms with Crippen molar-refractivity contribution in [2.45, 2.75) is 70.4 Å². The second-order valence-corrected chi connectivity index (χ2v) is 6.19. The molecule has 0 aromatic carbocycles. The normalized spacial score (nSPS) is 18.1. The Bertz CT molecular complexity index is 328. The third-order valence-corrected chi connectivity index (χ3v) is 4.22. The Hall–Kier alpha value is -0.730. The van der Waals surface area contributed by atoms with E-state index in [1.54, 1.807) is 0 Å². The van der Waals surface area contributed by atoms with Crippen LogP contribution in [0.4, 0.5) is 0 Å². The second-order valence-electron chi connectivity index (χ2n) is 6.19. The van der Waals surface area contributed by atoms with E-state index in [-0.39, 0.29) is 12.5 Å². The van der Waals surface area contributed by atoms with Crippen molar-refractivity contribution in [1.82, 2.24) is 4.90 Å². The van der Waals surface area contributed by atoms with Crippen molar-refractivity contribution in [3.05, 3.63) is 0 Å². The van der Waals surface area contributed by atoms with Crippen molar-refractivity contribution in [3.8, 4) is 0 Å². The molecule has 0 aliphatic rings. The van der Waals surface area contributed by atoms with E-state index >= 15 is 0 Å². The Labute approximate surface area is 138 Å². The van der Waals surface area contributed by atoms with Crippen LogP contribution in [0.15, 0.2) is 0 Å². The van der Waals surface area contributed by atoms with E-state index in [1.165, 1.54) is 11.9 Å². The molecule has 0 rings (SSSR count). The summed E-state index contributed by atoms with van der Waals surface area (Å²) < 4.78 is 0. The van der Waals surface area contributed by atoms with Gasteiger partial charge in [-0.2, -0.15) is 0 Å². The summed E-state index contributed by atoms with van der Waals surface area (Å²) in [6, 6.07) is 0. The van der Waals surface area contributed by atoms with Gasteiger partial charge in [-0.3, -0.25) is 4.79 Å². The molecule has 0 radical (unpaired) electrons. The zero-order valence-corrected chi connectivity index (χ0v) is 14.4. The smallest absolute Gasteiger partial charge is 0.222 e. The molecule has 0 aromatic rings. The van der Waals surface area contributed by atoms with Crippen molar-refractivity contribution < 1.29 is 30.3 Å². The number of likely N-dealkylation sites (N-methyl/N-ethyl adjacent to an activating group) is 1. The first-order valence-corrected chi connectivity index (χ1v) is 8.35. The highest BCUT2D eigenvalue weighted by molar-refractivity contribution is 5.76. The molecule has 1 amide bonds. The number of carbonyl (C=O) groups excluding carboxylic acids is 1. The highest BCUT2D eigenvalue weighted by Gasteiger charge is 2.31. The SMILES string of the molecule is CCCCC(CC)CC(=O)N(C)C[C@H](O)[C@@H](O)[C@H](O)[C@H](O)CO. The van der Waals surface area contributed by atoms with Crippen molar-refractivity contribution in [1.29, 1.82) is 0 Å². The van der Waals surface area contributed by atoms with Crippen molar-refractivity contribution in [2.24, 2.45) is 5.92 Å². The predicted molar refractivity (Wildman–Crippen MR) is 86.7 cm³/mol. The molecule has 0 bridgehead atoms. The molecule has 1 unspecified atom stereocenters. The zero-order chi connectivity index (χ0) is 18.0. The fourth-order valence-corrected chi connectivity index (χ4v) is 2.40. The number of carbonyl (C=O) groups is 1. The van der Waals surface area contributed by atoms with E-state index in [9.17, 15) is 25.2 Å². The van der Waals surface area contributed by atoms with Crippen LogP contribution in [-0.2, 0) is 4.79 Å². The summed E-state index contributed by atoms with van der Waals surface area (Å²) >= 11 is 0.